The van der Waals surface area contributed by atoms with Crippen LogP contribution in [0.3, 0.4) is 0 Å². The summed E-state index contributed by atoms with van der Waals surface area (Å²) in [5, 5.41) is 2.41. The molecule has 2 amide bonds. The van der Waals surface area contributed by atoms with Gasteiger partial charge in [-0.25, -0.2) is 29.4 Å². The molecule has 3 aliphatic rings. The summed E-state index contributed by atoms with van der Waals surface area (Å²) in [6.07, 6.45) is 5.68. The number of sulfonamides is 2. The molecule has 4 bridgehead atoms. The molecule has 2 saturated heterocycles. The lowest BCUT2D eigenvalue weighted by molar-refractivity contribution is 0.0972. The Hall–Kier alpha value is -4.31. The maximum atomic E-state index is 13.4. The molecule has 0 radical (unpaired) electrons. The fourth-order valence-electron chi connectivity index (χ4n) is 8.20. The number of carbonyl (C=O) groups is 2. The first-order valence-electron chi connectivity index (χ1n) is 19.8. The van der Waals surface area contributed by atoms with Gasteiger partial charge in [0.05, 0.1) is 11.1 Å². The average molecular weight is 1010 g/mol. The van der Waals surface area contributed by atoms with E-state index in [1.165, 1.54) is 18.2 Å². The van der Waals surface area contributed by atoms with Crippen LogP contribution in [0.5, 0.6) is 0 Å². The van der Waals surface area contributed by atoms with Gasteiger partial charge in [0.1, 0.15) is 26.7 Å². The van der Waals surface area contributed by atoms with Crippen molar-refractivity contribution in [2.45, 2.75) is 87.3 Å². The number of hydrogen-bond acceptors (Lipinski definition) is 14. The van der Waals surface area contributed by atoms with Crippen LogP contribution in [-0.4, -0.2) is 85.8 Å². The number of nitrogens with one attached hydrogen (secondary N) is 3. The van der Waals surface area contributed by atoms with Gasteiger partial charge in [-0.05, 0) is 165 Å². The number of carbonyl (C=O) groups excluding carboxylic acids is 2. The predicted octanol–water partition coefficient (Wildman–Crippen LogP) is 6.01. The van der Waals surface area contributed by atoms with Crippen LogP contribution in [0.4, 0.5) is 21.8 Å². The van der Waals surface area contributed by atoms with Crippen LogP contribution in [0.15, 0.2) is 79.9 Å². The lowest BCUT2D eigenvalue weighted by Crippen LogP contribution is -2.41. The third-order valence-electron chi connectivity index (χ3n) is 10.9. The molecule has 2 fully saturated rings. The minimum atomic E-state index is -4.35. The zero-order valence-electron chi connectivity index (χ0n) is 34.2. The predicted molar refractivity (Wildman–Crippen MR) is 237 cm³/mol. The maximum absolute atomic E-state index is 13.4. The number of amides is 2. The van der Waals surface area contributed by atoms with E-state index in [-0.39, 0.29) is 27.2 Å². The highest BCUT2D eigenvalue weighted by molar-refractivity contribution is 9.10. The Morgan fingerprint density at radius 2 is 1.59 bits per heavy atom. The molecule has 16 nitrogen and oxygen atoms in total. The molecule has 5 N–H and O–H groups in total. The van der Waals surface area contributed by atoms with Crippen LogP contribution in [0, 0.1) is 17.8 Å². The van der Waals surface area contributed by atoms with E-state index in [1.807, 2.05) is 9.62 Å². The van der Waals surface area contributed by atoms with Crippen molar-refractivity contribution in [3.63, 3.8) is 0 Å². The van der Waals surface area contributed by atoms with Gasteiger partial charge in [-0.1, -0.05) is 12.1 Å². The number of nitrogens with two attached hydrogens (primary N) is 1. The van der Waals surface area contributed by atoms with Gasteiger partial charge in [0.25, 0.3) is 31.9 Å². The third kappa shape index (κ3) is 11.0. The quantitative estimate of drug-likeness (QED) is 0.156. The van der Waals surface area contributed by atoms with Crippen molar-refractivity contribution in [1.29, 1.82) is 0 Å². The van der Waals surface area contributed by atoms with E-state index in [4.69, 9.17) is 5.73 Å². The molecular formula is C40H49Br2FN10O6S2. The van der Waals surface area contributed by atoms with Crippen molar-refractivity contribution in [2.24, 2.45) is 17.6 Å². The van der Waals surface area contributed by atoms with E-state index in [0.29, 0.717) is 58.1 Å². The summed E-state index contributed by atoms with van der Waals surface area (Å²) in [5.41, 5.74) is 5.49. The summed E-state index contributed by atoms with van der Waals surface area (Å²) in [5.74, 6) is -0.360. The summed E-state index contributed by atoms with van der Waals surface area (Å²) in [4.78, 5) is 46.7. The second kappa shape index (κ2) is 18.6. The van der Waals surface area contributed by atoms with E-state index >= 15 is 0 Å². The zero-order chi connectivity index (χ0) is 44.3. The fraction of sp³-hybridized carbons (Fsp3) is 0.450. The van der Waals surface area contributed by atoms with Gasteiger partial charge >= 0.3 is 0 Å². The summed E-state index contributed by atoms with van der Waals surface area (Å²) >= 11 is 6.72. The van der Waals surface area contributed by atoms with Crippen molar-refractivity contribution in [2.75, 3.05) is 41.3 Å². The molecule has 7 rings (SSSR count). The van der Waals surface area contributed by atoms with Gasteiger partial charge in [-0.3, -0.25) is 9.59 Å². The monoisotopic (exact) mass is 1010 g/mol. The van der Waals surface area contributed by atoms with Crippen LogP contribution in [-0.2, 0) is 20.0 Å². The standard InChI is InChI=1S/C20H25BrFN5O3S.C20H24BrN5O3S/c1-20(2)11-13(5-4-10-23)12-27(20)18-14(8-9-15(21)24-18)19(28)26-31(29,30)17-7-3-6-16(22)25-17;1-20(2)11-13-5-4-10-22-16-6-3-7-17(24-16)30(28,29)25-19(27)14-8-9-15(21)23-18(14)26(20)12-13/h3,6-9,13H,4-5,10-12,23H2,1-2H3,(H,26,28);3,6-9,13H,4-5,10-12H2,1-2H3,(H,22,24)(H,25,27)/t2*13-/m00/s1. The molecule has 0 saturated carbocycles. The minimum absolute atomic E-state index is 0.107. The third-order valence-corrected chi connectivity index (χ3v) is 14.3. The molecule has 0 spiro atoms. The molecule has 0 unspecified atom stereocenters. The Balaban J connectivity index is 0.000000204. The van der Waals surface area contributed by atoms with Gasteiger partial charge in [-0.2, -0.15) is 21.2 Å². The van der Waals surface area contributed by atoms with E-state index in [2.05, 4.69) is 94.4 Å². The van der Waals surface area contributed by atoms with Crippen molar-refractivity contribution in [3.05, 3.63) is 86.9 Å². The Morgan fingerprint density at radius 1 is 0.918 bits per heavy atom. The fourth-order valence-corrected chi connectivity index (χ4v) is 10.7. The summed E-state index contributed by atoms with van der Waals surface area (Å²) in [6, 6.07) is 14.4. The van der Waals surface area contributed by atoms with Crippen LogP contribution in [0.1, 0.15) is 86.9 Å². The number of rotatable bonds is 7. The minimum Gasteiger partial charge on any atom is -0.370 e. The first-order valence-corrected chi connectivity index (χ1v) is 24.3. The lowest BCUT2D eigenvalue weighted by Gasteiger charge is -2.33. The highest BCUT2D eigenvalue weighted by atomic mass is 79.9. The summed E-state index contributed by atoms with van der Waals surface area (Å²) in [6.45, 7) is 11.1. The molecule has 2 atom stereocenters. The largest absolute Gasteiger partial charge is 0.370 e. The van der Waals surface area contributed by atoms with Crippen LogP contribution < -0.4 is 30.3 Å². The average Bonchev–Trinajstić information content (AvgIpc) is 3.67. The molecule has 3 aliphatic heterocycles. The number of nitrogens with zero attached hydrogens (tertiary/aromatic N) is 6. The Morgan fingerprint density at radius 3 is 2.31 bits per heavy atom. The van der Waals surface area contributed by atoms with Gasteiger partial charge in [0, 0.05) is 30.7 Å². The van der Waals surface area contributed by atoms with Gasteiger partial charge in [0.2, 0.25) is 5.95 Å². The van der Waals surface area contributed by atoms with E-state index < -0.39 is 42.8 Å². The molecule has 21 heteroatoms. The molecular weight excluding hydrogens is 959 g/mol. The number of hydrogen-bond donors (Lipinski definition) is 4. The van der Waals surface area contributed by atoms with Gasteiger partial charge in [-0.15, -0.1) is 0 Å². The number of fused-ring (bicyclic) bond motifs is 6. The molecule has 7 heterocycles. The Labute approximate surface area is 372 Å². The topological polar surface area (TPSA) is 223 Å². The number of halogens is 3. The smallest absolute Gasteiger partial charge is 0.281 e. The normalized spacial score (nSPS) is 20.5. The molecule has 0 aromatic carbocycles. The van der Waals surface area contributed by atoms with Gasteiger partial charge < -0.3 is 20.9 Å². The first-order chi connectivity index (χ1) is 28.7. The summed E-state index contributed by atoms with van der Waals surface area (Å²) in [7, 11) is -8.49. The molecule has 4 aromatic heterocycles. The van der Waals surface area contributed by atoms with Gasteiger partial charge in [0.15, 0.2) is 10.1 Å². The van der Waals surface area contributed by atoms with Crippen molar-refractivity contribution in [3.8, 4) is 0 Å². The highest BCUT2D eigenvalue weighted by Gasteiger charge is 2.42. The Kier molecular flexibility index (Phi) is 14.1. The van der Waals surface area contributed by atoms with Crippen molar-refractivity contribution < 1.29 is 30.8 Å². The number of pyridine rings is 4. The highest BCUT2D eigenvalue weighted by Crippen LogP contribution is 2.41. The first kappa shape index (κ1) is 46.2. The molecule has 0 aliphatic carbocycles. The zero-order valence-corrected chi connectivity index (χ0v) is 39.0. The van der Waals surface area contributed by atoms with E-state index in [1.54, 1.807) is 30.3 Å². The SMILES string of the molecule is CC1(C)C[C@@H]2CCCNc3cccc(n3)S(=O)(=O)NC(=O)c3ccc(Br)nc3N1C2.CC1(C)C[C@H](CCCN)CN1c1nc(Br)ccc1C(=O)NS(=O)(=O)c1cccc(F)n1. The number of anilines is 3. The lowest BCUT2D eigenvalue weighted by atomic mass is 9.93. The van der Waals surface area contributed by atoms with E-state index in [0.717, 1.165) is 57.2 Å². The second-order valence-corrected chi connectivity index (χ2v) is 21.4. The maximum Gasteiger partial charge on any atom is 0.281 e. The number of aromatic nitrogens is 4. The molecule has 61 heavy (non-hydrogen) atoms. The van der Waals surface area contributed by atoms with Crippen LogP contribution in [0.2, 0.25) is 0 Å². The summed E-state index contributed by atoms with van der Waals surface area (Å²) < 4.78 is 69.3. The molecule has 328 valence electrons. The van der Waals surface area contributed by atoms with Crippen LogP contribution in [0.25, 0.3) is 0 Å². The van der Waals surface area contributed by atoms with Crippen LogP contribution >= 0.6 is 31.9 Å². The Bertz CT molecular complexity index is 2510. The van der Waals surface area contributed by atoms with Crippen molar-refractivity contribution >= 4 is 81.2 Å². The molecule has 4 aromatic rings. The van der Waals surface area contributed by atoms with Crippen molar-refractivity contribution in [1.82, 2.24) is 29.4 Å². The second-order valence-electron chi connectivity index (χ2n) is 16.5. The van der Waals surface area contributed by atoms with E-state index in [9.17, 15) is 30.8 Å².